The standard InChI is InChI=1S/C21H21N3O3S/c1-26-17-9-7-14(8-10-17)13-22-21(28)24-23-20(25)18-11-15-5-3-4-6-16(15)12-19(18)27-2/h3-12H,13H2,1-2H3,(H,23,25)(H2,22,24,28). The van der Waals surface area contributed by atoms with Gasteiger partial charge in [0.1, 0.15) is 11.5 Å². The zero-order valence-corrected chi connectivity index (χ0v) is 16.4. The van der Waals surface area contributed by atoms with Crippen LogP contribution in [0, 0.1) is 0 Å². The molecule has 0 heterocycles. The number of benzene rings is 3. The smallest absolute Gasteiger partial charge is 0.273 e. The molecular weight excluding hydrogens is 374 g/mol. The Labute approximate surface area is 168 Å². The average Bonchev–Trinajstić information content (AvgIpc) is 2.75. The number of nitrogens with one attached hydrogen (secondary N) is 3. The molecule has 6 nitrogen and oxygen atoms in total. The number of hydrogen-bond acceptors (Lipinski definition) is 4. The lowest BCUT2D eigenvalue weighted by Gasteiger charge is -2.14. The van der Waals surface area contributed by atoms with Gasteiger partial charge < -0.3 is 14.8 Å². The van der Waals surface area contributed by atoms with Gasteiger partial charge in [-0.15, -0.1) is 0 Å². The first-order valence-electron chi connectivity index (χ1n) is 8.64. The van der Waals surface area contributed by atoms with E-state index >= 15 is 0 Å². The number of carbonyl (C=O) groups is 1. The van der Waals surface area contributed by atoms with Crippen molar-refractivity contribution < 1.29 is 14.3 Å². The Bertz CT molecular complexity index is 990. The number of amides is 1. The van der Waals surface area contributed by atoms with Crippen molar-refractivity contribution in [2.45, 2.75) is 6.54 Å². The van der Waals surface area contributed by atoms with Crippen LogP contribution in [0.1, 0.15) is 15.9 Å². The van der Waals surface area contributed by atoms with Crippen LogP contribution in [0.4, 0.5) is 0 Å². The molecule has 3 aromatic carbocycles. The van der Waals surface area contributed by atoms with Crippen LogP contribution in [-0.2, 0) is 6.54 Å². The molecular formula is C21H21N3O3S. The highest BCUT2D eigenvalue weighted by Crippen LogP contribution is 2.25. The number of hydrogen-bond donors (Lipinski definition) is 3. The minimum Gasteiger partial charge on any atom is -0.497 e. The van der Waals surface area contributed by atoms with Crippen molar-refractivity contribution in [2.75, 3.05) is 14.2 Å². The lowest BCUT2D eigenvalue weighted by molar-refractivity contribution is 0.0941. The third kappa shape index (κ3) is 4.69. The maximum atomic E-state index is 12.6. The number of fused-ring (bicyclic) bond motifs is 1. The zero-order valence-electron chi connectivity index (χ0n) is 15.6. The van der Waals surface area contributed by atoms with Crippen molar-refractivity contribution in [1.29, 1.82) is 0 Å². The van der Waals surface area contributed by atoms with Crippen molar-refractivity contribution in [3.63, 3.8) is 0 Å². The quantitative estimate of drug-likeness (QED) is 0.455. The van der Waals surface area contributed by atoms with E-state index in [2.05, 4.69) is 16.2 Å². The second-order valence-corrected chi connectivity index (χ2v) is 6.42. The molecule has 0 saturated heterocycles. The summed E-state index contributed by atoms with van der Waals surface area (Å²) < 4.78 is 10.5. The number of thiocarbonyl (C=S) groups is 1. The summed E-state index contributed by atoms with van der Waals surface area (Å²) in [4.78, 5) is 12.6. The van der Waals surface area contributed by atoms with E-state index in [-0.39, 0.29) is 5.91 Å². The van der Waals surface area contributed by atoms with Gasteiger partial charge in [0.25, 0.3) is 5.91 Å². The van der Waals surface area contributed by atoms with Crippen molar-refractivity contribution >= 4 is 34.0 Å². The maximum Gasteiger partial charge on any atom is 0.273 e. The summed E-state index contributed by atoms with van der Waals surface area (Å²) in [5.74, 6) is 0.951. The van der Waals surface area contributed by atoms with Crippen LogP contribution in [0.25, 0.3) is 10.8 Å². The van der Waals surface area contributed by atoms with Crippen LogP contribution in [0.3, 0.4) is 0 Å². The van der Waals surface area contributed by atoms with Crippen molar-refractivity contribution in [2.24, 2.45) is 0 Å². The first-order valence-corrected chi connectivity index (χ1v) is 9.05. The zero-order chi connectivity index (χ0) is 19.9. The van der Waals surface area contributed by atoms with Crippen LogP contribution in [0.15, 0.2) is 60.7 Å². The van der Waals surface area contributed by atoms with E-state index in [9.17, 15) is 4.79 Å². The van der Waals surface area contributed by atoms with Gasteiger partial charge in [0.2, 0.25) is 0 Å². The monoisotopic (exact) mass is 395 g/mol. The van der Waals surface area contributed by atoms with E-state index in [0.717, 1.165) is 22.1 Å². The van der Waals surface area contributed by atoms with Crippen LogP contribution < -0.4 is 25.6 Å². The van der Waals surface area contributed by atoms with Gasteiger partial charge in [-0.25, -0.2) is 0 Å². The number of rotatable bonds is 5. The van der Waals surface area contributed by atoms with Crippen molar-refractivity contribution in [3.8, 4) is 11.5 Å². The van der Waals surface area contributed by atoms with E-state index in [1.807, 2.05) is 54.6 Å². The predicted octanol–water partition coefficient (Wildman–Crippen LogP) is 3.17. The molecule has 0 unspecified atom stereocenters. The van der Waals surface area contributed by atoms with Gasteiger partial charge >= 0.3 is 0 Å². The topological polar surface area (TPSA) is 71.6 Å². The Morgan fingerprint density at radius 3 is 2.25 bits per heavy atom. The summed E-state index contributed by atoms with van der Waals surface area (Å²) in [6.45, 7) is 0.519. The highest BCUT2D eigenvalue weighted by atomic mass is 32.1. The Morgan fingerprint density at radius 2 is 1.61 bits per heavy atom. The maximum absolute atomic E-state index is 12.6. The lowest BCUT2D eigenvalue weighted by atomic mass is 10.1. The second kappa shape index (κ2) is 9.05. The van der Waals surface area contributed by atoms with Crippen LogP contribution in [0.2, 0.25) is 0 Å². The molecule has 0 aromatic heterocycles. The predicted molar refractivity (Wildman–Crippen MR) is 114 cm³/mol. The molecule has 0 atom stereocenters. The van der Waals surface area contributed by atoms with Crippen LogP contribution in [0.5, 0.6) is 11.5 Å². The molecule has 0 bridgehead atoms. The molecule has 0 aliphatic rings. The molecule has 3 N–H and O–H groups in total. The van der Waals surface area contributed by atoms with Gasteiger partial charge in [-0.1, -0.05) is 36.4 Å². The first kappa shape index (κ1) is 19.4. The van der Waals surface area contributed by atoms with E-state index < -0.39 is 0 Å². The summed E-state index contributed by atoms with van der Waals surface area (Å²) >= 11 is 5.22. The Balaban J connectivity index is 1.58. The number of hydrazine groups is 1. The Kier molecular flexibility index (Phi) is 6.29. The molecule has 0 aliphatic carbocycles. The molecule has 0 aliphatic heterocycles. The normalized spacial score (nSPS) is 10.2. The van der Waals surface area contributed by atoms with Crippen molar-refractivity contribution in [1.82, 2.24) is 16.2 Å². The highest BCUT2D eigenvalue weighted by molar-refractivity contribution is 7.80. The summed E-state index contributed by atoms with van der Waals surface area (Å²) in [6.07, 6.45) is 0. The number of carbonyl (C=O) groups excluding carboxylic acids is 1. The van der Waals surface area contributed by atoms with E-state index in [4.69, 9.17) is 21.7 Å². The first-order chi connectivity index (χ1) is 13.6. The average molecular weight is 395 g/mol. The highest BCUT2D eigenvalue weighted by Gasteiger charge is 2.13. The molecule has 7 heteroatoms. The minimum atomic E-state index is -0.337. The molecule has 1 amide bonds. The fourth-order valence-corrected chi connectivity index (χ4v) is 2.84. The van der Waals surface area contributed by atoms with E-state index in [1.165, 1.54) is 7.11 Å². The van der Waals surface area contributed by atoms with Gasteiger partial charge in [0.15, 0.2) is 5.11 Å². The fourth-order valence-electron chi connectivity index (χ4n) is 2.72. The van der Waals surface area contributed by atoms with Crippen LogP contribution >= 0.6 is 12.2 Å². The SMILES string of the molecule is COc1ccc(CNC(=S)NNC(=O)c2cc3ccccc3cc2OC)cc1. The minimum absolute atomic E-state index is 0.309. The summed E-state index contributed by atoms with van der Waals surface area (Å²) in [5, 5.41) is 5.30. The molecule has 28 heavy (non-hydrogen) atoms. The van der Waals surface area contributed by atoms with Crippen LogP contribution in [-0.4, -0.2) is 25.2 Å². The Morgan fingerprint density at radius 1 is 0.929 bits per heavy atom. The number of methoxy groups -OCH3 is 2. The van der Waals surface area contributed by atoms with Crippen molar-refractivity contribution in [3.05, 3.63) is 71.8 Å². The van der Waals surface area contributed by atoms with Gasteiger partial charge in [0.05, 0.1) is 19.8 Å². The largest absolute Gasteiger partial charge is 0.497 e. The molecule has 144 valence electrons. The summed E-state index contributed by atoms with van der Waals surface area (Å²) in [5.41, 5.74) is 6.77. The lowest BCUT2D eigenvalue weighted by Crippen LogP contribution is -2.46. The molecule has 0 saturated carbocycles. The molecule has 0 spiro atoms. The van der Waals surface area contributed by atoms with Gasteiger partial charge in [-0.3, -0.25) is 15.6 Å². The fraction of sp³-hybridized carbons (Fsp3) is 0.143. The number of ether oxygens (including phenoxy) is 2. The summed E-state index contributed by atoms with van der Waals surface area (Å²) in [7, 11) is 3.16. The molecule has 3 rings (SSSR count). The third-order valence-electron chi connectivity index (χ3n) is 4.21. The Hall–Kier alpha value is -3.32. The molecule has 0 radical (unpaired) electrons. The third-order valence-corrected chi connectivity index (χ3v) is 4.46. The van der Waals surface area contributed by atoms with Gasteiger partial charge in [-0.2, -0.15) is 0 Å². The van der Waals surface area contributed by atoms with E-state index in [0.29, 0.717) is 23.0 Å². The molecule has 3 aromatic rings. The van der Waals surface area contributed by atoms with E-state index in [1.54, 1.807) is 13.2 Å². The summed E-state index contributed by atoms with van der Waals surface area (Å²) in [6, 6.07) is 19.0. The second-order valence-electron chi connectivity index (χ2n) is 6.01. The molecule has 0 fully saturated rings. The van der Waals surface area contributed by atoms with Gasteiger partial charge in [-0.05, 0) is 52.8 Å². The van der Waals surface area contributed by atoms with Gasteiger partial charge in [0, 0.05) is 6.54 Å².